The Labute approximate surface area is 150 Å². The number of carbonyl (C=O) groups excluding carboxylic acids is 2. The molecule has 10 heteroatoms. The van der Waals surface area contributed by atoms with Crippen molar-refractivity contribution in [2.24, 2.45) is 0 Å². The van der Waals surface area contributed by atoms with Crippen LogP contribution in [0.3, 0.4) is 0 Å². The fourth-order valence-electron chi connectivity index (χ4n) is 2.26. The number of carboxylic acids is 1. The van der Waals surface area contributed by atoms with E-state index in [-0.39, 0.29) is 42.0 Å². The zero-order valence-electron chi connectivity index (χ0n) is 14.9. The molecule has 2 rings (SSSR count). The van der Waals surface area contributed by atoms with Crippen LogP contribution >= 0.6 is 0 Å². The van der Waals surface area contributed by atoms with Crippen LogP contribution < -0.4 is 10.6 Å². The van der Waals surface area contributed by atoms with E-state index in [1.807, 2.05) is 20.8 Å². The van der Waals surface area contributed by atoms with E-state index >= 15 is 0 Å². The van der Waals surface area contributed by atoms with Crippen LogP contribution in [0.2, 0.25) is 0 Å². The summed E-state index contributed by atoms with van der Waals surface area (Å²) >= 11 is 0. The van der Waals surface area contributed by atoms with E-state index in [4.69, 9.17) is 5.11 Å². The Bertz CT molecular complexity index is 808. The Kier molecular flexibility index (Phi) is 6.10. The van der Waals surface area contributed by atoms with E-state index in [0.29, 0.717) is 6.54 Å². The first kappa shape index (κ1) is 19.2. The lowest BCUT2D eigenvalue weighted by Gasteiger charge is -2.09. The van der Waals surface area contributed by atoms with Gasteiger partial charge < -0.3 is 15.7 Å². The SMILES string of the molecule is CCn1cc(NC(=O)c2ccnn2CCC(=O)O)c(C(=O)NC(C)C)n1. The summed E-state index contributed by atoms with van der Waals surface area (Å²) < 4.78 is 2.86. The molecule has 0 saturated heterocycles. The molecule has 2 heterocycles. The van der Waals surface area contributed by atoms with Crippen molar-refractivity contribution in [1.29, 1.82) is 0 Å². The number of aliphatic carboxylic acids is 1. The second-order valence-electron chi connectivity index (χ2n) is 5.91. The van der Waals surface area contributed by atoms with Crippen molar-refractivity contribution in [3.05, 3.63) is 29.8 Å². The number of amides is 2. The van der Waals surface area contributed by atoms with Crippen LogP contribution in [0.25, 0.3) is 0 Å². The summed E-state index contributed by atoms with van der Waals surface area (Å²) in [6, 6.07) is 1.41. The molecule has 2 aromatic rings. The molecule has 3 N–H and O–H groups in total. The Morgan fingerprint density at radius 3 is 2.62 bits per heavy atom. The van der Waals surface area contributed by atoms with Crippen LogP contribution in [0.1, 0.15) is 48.2 Å². The van der Waals surface area contributed by atoms with Crippen LogP contribution in [-0.4, -0.2) is 48.5 Å². The van der Waals surface area contributed by atoms with Crippen LogP contribution in [0.4, 0.5) is 5.69 Å². The minimum Gasteiger partial charge on any atom is -0.481 e. The molecule has 2 amide bonds. The molecule has 0 unspecified atom stereocenters. The average molecular weight is 362 g/mol. The van der Waals surface area contributed by atoms with Crippen LogP contribution in [0.5, 0.6) is 0 Å². The van der Waals surface area contributed by atoms with Crippen molar-refractivity contribution >= 4 is 23.5 Å². The lowest BCUT2D eigenvalue weighted by atomic mass is 10.3. The van der Waals surface area contributed by atoms with Gasteiger partial charge in [-0.1, -0.05) is 0 Å². The van der Waals surface area contributed by atoms with E-state index in [9.17, 15) is 14.4 Å². The maximum atomic E-state index is 12.5. The zero-order valence-corrected chi connectivity index (χ0v) is 14.9. The molecule has 0 aliphatic heterocycles. The summed E-state index contributed by atoms with van der Waals surface area (Å²) in [6.07, 6.45) is 2.83. The van der Waals surface area contributed by atoms with Gasteiger partial charge in [0.25, 0.3) is 11.8 Å². The fourth-order valence-corrected chi connectivity index (χ4v) is 2.26. The number of rotatable bonds is 8. The predicted octanol–water partition coefficient (Wildman–Crippen LogP) is 0.965. The number of carbonyl (C=O) groups is 3. The number of anilines is 1. The summed E-state index contributed by atoms with van der Waals surface area (Å²) in [6.45, 7) is 6.13. The van der Waals surface area contributed by atoms with E-state index in [2.05, 4.69) is 20.8 Å². The third-order valence-electron chi connectivity index (χ3n) is 3.46. The van der Waals surface area contributed by atoms with Gasteiger partial charge in [0.2, 0.25) is 0 Å². The first-order chi connectivity index (χ1) is 12.3. The Balaban J connectivity index is 2.21. The number of nitrogens with one attached hydrogen (secondary N) is 2. The third kappa shape index (κ3) is 4.68. The van der Waals surface area contributed by atoms with Crippen molar-refractivity contribution in [2.75, 3.05) is 5.32 Å². The zero-order chi connectivity index (χ0) is 19.3. The van der Waals surface area contributed by atoms with Crippen molar-refractivity contribution in [3.63, 3.8) is 0 Å². The van der Waals surface area contributed by atoms with Gasteiger partial charge in [-0.15, -0.1) is 0 Å². The minimum absolute atomic E-state index is 0.0694. The normalized spacial score (nSPS) is 10.8. The number of carboxylic acid groups (broad SMARTS) is 1. The molecular formula is C16H22N6O4. The standard InChI is InChI=1S/C16H22N6O4/c1-4-21-9-11(14(20-21)16(26)18-10(2)3)19-15(25)12-5-7-17-22(12)8-6-13(23)24/h5,7,9-10H,4,6,8H2,1-3H3,(H,18,26)(H,19,25)(H,23,24). The van der Waals surface area contributed by atoms with Gasteiger partial charge in [0, 0.05) is 25.0 Å². The van der Waals surface area contributed by atoms with Crippen molar-refractivity contribution < 1.29 is 19.5 Å². The summed E-state index contributed by atoms with van der Waals surface area (Å²) in [4.78, 5) is 35.6. The van der Waals surface area contributed by atoms with E-state index in [1.54, 1.807) is 10.9 Å². The molecule has 0 saturated carbocycles. The summed E-state index contributed by atoms with van der Waals surface area (Å²) in [5.41, 5.74) is 0.595. The maximum absolute atomic E-state index is 12.5. The summed E-state index contributed by atoms with van der Waals surface area (Å²) in [7, 11) is 0. The van der Waals surface area contributed by atoms with Crippen molar-refractivity contribution in [2.45, 2.75) is 46.3 Å². The van der Waals surface area contributed by atoms with E-state index in [0.717, 1.165) is 0 Å². The maximum Gasteiger partial charge on any atom is 0.305 e. The highest BCUT2D eigenvalue weighted by molar-refractivity contribution is 6.07. The smallest absolute Gasteiger partial charge is 0.305 e. The second-order valence-corrected chi connectivity index (χ2v) is 5.91. The number of nitrogens with zero attached hydrogens (tertiary/aromatic N) is 4. The largest absolute Gasteiger partial charge is 0.481 e. The number of aromatic nitrogens is 4. The average Bonchev–Trinajstić information content (AvgIpc) is 3.18. The molecule has 0 aliphatic carbocycles. The molecule has 140 valence electrons. The molecule has 26 heavy (non-hydrogen) atoms. The first-order valence-electron chi connectivity index (χ1n) is 8.25. The molecule has 10 nitrogen and oxygen atoms in total. The molecule has 0 aliphatic rings. The fraction of sp³-hybridized carbons (Fsp3) is 0.438. The topological polar surface area (TPSA) is 131 Å². The van der Waals surface area contributed by atoms with Crippen molar-refractivity contribution in [3.8, 4) is 0 Å². The van der Waals surface area contributed by atoms with Gasteiger partial charge in [0.1, 0.15) is 5.69 Å². The van der Waals surface area contributed by atoms with Gasteiger partial charge >= 0.3 is 5.97 Å². The highest BCUT2D eigenvalue weighted by Gasteiger charge is 2.21. The Morgan fingerprint density at radius 1 is 1.27 bits per heavy atom. The molecule has 0 fully saturated rings. The van der Waals surface area contributed by atoms with Gasteiger partial charge in [0.05, 0.1) is 18.7 Å². The first-order valence-corrected chi connectivity index (χ1v) is 8.25. The monoisotopic (exact) mass is 362 g/mol. The number of hydrogen-bond donors (Lipinski definition) is 3. The molecule has 0 spiro atoms. The summed E-state index contributed by atoms with van der Waals surface area (Å²) in [5.74, 6) is -1.87. The lowest BCUT2D eigenvalue weighted by molar-refractivity contribution is -0.137. The highest BCUT2D eigenvalue weighted by Crippen LogP contribution is 2.16. The molecule has 2 aromatic heterocycles. The highest BCUT2D eigenvalue weighted by atomic mass is 16.4. The van der Waals surface area contributed by atoms with Crippen LogP contribution in [-0.2, 0) is 17.9 Å². The van der Waals surface area contributed by atoms with Gasteiger partial charge in [0.15, 0.2) is 5.69 Å². The molecule has 0 radical (unpaired) electrons. The summed E-state index contributed by atoms with van der Waals surface area (Å²) in [5, 5.41) is 22.3. The van der Waals surface area contributed by atoms with E-state index < -0.39 is 11.9 Å². The van der Waals surface area contributed by atoms with Gasteiger partial charge in [-0.25, -0.2) is 0 Å². The third-order valence-corrected chi connectivity index (χ3v) is 3.46. The van der Waals surface area contributed by atoms with Crippen molar-refractivity contribution in [1.82, 2.24) is 24.9 Å². The number of aryl methyl sites for hydroxylation is 2. The molecule has 0 aromatic carbocycles. The van der Waals surface area contributed by atoms with Gasteiger partial charge in [-0.3, -0.25) is 23.7 Å². The number of hydrogen-bond acceptors (Lipinski definition) is 5. The molecule has 0 bridgehead atoms. The Morgan fingerprint density at radius 2 is 2.00 bits per heavy atom. The molecular weight excluding hydrogens is 340 g/mol. The predicted molar refractivity (Wildman–Crippen MR) is 92.9 cm³/mol. The quantitative estimate of drug-likeness (QED) is 0.641. The van der Waals surface area contributed by atoms with Crippen LogP contribution in [0, 0.1) is 0 Å². The second kappa shape index (κ2) is 8.28. The van der Waals surface area contributed by atoms with Gasteiger partial charge in [-0.2, -0.15) is 10.2 Å². The Hall–Kier alpha value is -3.17. The lowest BCUT2D eigenvalue weighted by Crippen LogP contribution is -2.31. The van der Waals surface area contributed by atoms with Gasteiger partial charge in [-0.05, 0) is 26.8 Å². The molecule has 0 atom stereocenters. The minimum atomic E-state index is -0.983. The van der Waals surface area contributed by atoms with Crippen LogP contribution in [0.15, 0.2) is 18.5 Å². The van der Waals surface area contributed by atoms with E-state index in [1.165, 1.54) is 16.9 Å².